The van der Waals surface area contributed by atoms with Crippen molar-refractivity contribution in [2.75, 3.05) is 14.2 Å². The molecule has 0 spiro atoms. The van der Waals surface area contributed by atoms with Gasteiger partial charge in [-0.1, -0.05) is 6.07 Å². The number of ether oxygens (including phenoxy) is 2. The Bertz CT molecular complexity index is 583. The van der Waals surface area contributed by atoms with Crippen LogP contribution in [0.2, 0.25) is 0 Å². The van der Waals surface area contributed by atoms with E-state index in [2.05, 4.69) is 28.9 Å². The Kier molecular flexibility index (Phi) is 4.50. The predicted octanol–water partition coefficient (Wildman–Crippen LogP) is 3.88. The van der Waals surface area contributed by atoms with Crippen LogP contribution in [0.4, 0.5) is 0 Å². The van der Waals surface area contributed by atoms with Crippen LogP contribution in [0, 0.1) is 6.92 Å². The lowest BCUT2D eigenvalue weighted by molar-refractivity contribution is 0.354. The third kappa shape index (κ3) is 2.94. The zero-order valence-electron chi connectivity index (χ0n) is 11.1. The summed E-state index contributed by atoms with van der Waals surface area (Å²) < 4.78 is 11.6. The third-order valence-electron chi connectivity index (χ3n) is 2.89. The normalized spacial score (nSPS) is 12.3. The van der Waals surface area contributed by atoms with Crippen LogP contribution in [-0.2, 0) is 0 Å². The molecule has 1 aromatic carbocycles. The van der Waals surface area contributed by atoms with Gasteiger partial charge < -0.3 is 15.2 Å². The number of thiophene rings is 1. The summed E-state index contributed by atoms with van der Waals surface area (Å²) in [5, 5.41) is 0. The second-order valence-electron chi connectivity index (χ2n) is 4.16. The second-order valence-corrected chi connectivity index (χ2v) is 6.30. The topological polar surface area (TPSA) is 44.5 Å². The van der Waals surface area contributed by atoms with Gasteiger partial charge in [-0.05, 0) is 46.6 Å². The summed E-state index contributed by atoms with van der Waals surface area (Å²) in [5.74, 6) is 1.40. The van der Waals surface area contributed by atoms with Gasteiger partial charge >= 0.3 is 0 Å². The summed E-state index contributed by atoms with van der Waals surface area (Å²) in [7, 11) is 3.25. The molecule has 2 N–H and O–H groups in total. The first-order valence-electron chi connectivity index (χ1n) is 5.80. The molecule has 1 aromatic heterocycles. The Morgan fingerprint density at radius 1 is 1.16 bits per heavy atom. The standard InChI is InChI=1S/C14H16BrNO2S/c1-8-6-10(15)14(19-8)13(16)9-4-5-11(17-2)12(7-9)18-3/h4-7,13H,16H2,1-3H3. The van der Waals surface area contributed by atoms with Gasteiger partial charge in [0.05, 0.1) is 20.3 Å². The van der Waals surface area contributed by atoms with Crippen molar-refractivity contribution in [2.45, 2.75) is 13.0 Å². The van der Waals surface area contributed by atoms with Crippen molar-refractivity contribution in [3.05, 3.63) is 44.1 Å². The van der Waals surface area contributed by atoms with E-state index >= 15 is 0 Å². The van der Waals surface area contributed by atoms with Crippen LogP contribution in [0.1, 0.15) is 21.4 Å². The molecule has 5 heteroatoms. The maximum absolute atomic E-state index is 6.33. The number of hydrogen-bond donors (Lipinski definition) is 1. The lowest BCUT2D eigenvalue weighted by Gasteiger charge is -2.14. The number of aryl methyl sites for hydroxylation is 1. The second kappa shape index (κ2) is 5.94. The first-order valence-corrected chi connectivity index (χ1v) is 7.41. The predicted molar refractivity (Wildman–Crippen MR) is 82.3 cm³/mol. The number of methoxy groups -OCH3 is 2. The summed E-state index contributed by atoms with van der Waals surface area (Å²) in [6, 6.07) is 7.68. The van der Waals surface area contributed by atoms with E-state index in [1.165, 1.54) is 4.88 Å². The van der Waals surface area contributed by atoms with E-state index in [-0.39, 0.29) is 6.04 Å². The SMILES string of the molecule is COc1ccc(C(N)c2sc(C)cc2Br)cc1OC. The fourth-order valence-corrected chi connectivity index (χ4v) is 3.84. The van der Waals surface area contributed by atoms with Gasteiger partial charge in [0.15, 0.2) is 11.5 Å². The van der Waals surface area contributed by atoms with Crippen LogP contribution in [0.3, 0.4) is 0 Å². The van der Waals surface area contributed by atoms with Gasteiger partial charge in [0, 0.05) is 14.2 Å². The molecule has 0 bridgehead atoms. The molecule has 0 saturated carbocycles. The summed E-state index contributed by atoms with van der Waals surface area (Å²) in [6.07, 6.45) is 0. The minimum absolute atomic E-state index is 0.173. The lowest BCUT2D eigenvalue weighted by Crippen LogP contribution is -2.11. The van der Waals surface area contributed by atoms with E-state index in [9.17, 15) is 0 Å². The summed E-state index contributed by atoms with van der Waals surface area (Å²) in [5.41, 5.74) is 7.33. The van der Waals surface area contributed by atoms with Gasteiger partial charge in [-0.3, -0.25) is 0 Å². The van der Waals surface area contributed by atoms with E-state index in [1.807, 2.05) is 18.2 Å². The highest BCUT2D eigenvalue weighted by Gasteiger charge is 2.17. The Labute approximate surface area is 125 Å². The van der Waals surface area contributed by atoms with Gasteiger partial charge in [-0.15, -0.1) is 11.3 Å². The maximum Gasteiger partial charge on any atom is 0.161 e. The smallest absolute Gasteiger partial charge is 0.161 e. The molecule has 1 atom stereocenters. The molecule has 1 heterocycles. The van der Waals surface area contributed by atoms with Crippen molar-refractivity contribution in [3.63, 3.8) is 0 Å². The largest absolute Gasteiger partial charge is 0.493 e. The molecular weight excluding hydrogens is 326 g/mol. The molecule has 1 unspecified atom stereocenters. The van der Waals surface area contributed by atoms with Crippen molar-refractivity contribution in [3.8, 4) is 11.5 Å². The highest BCUT2D eigenvalue weighted by Crippen LogP contribution is 2.37. The molecule has 102 valence electrons. The van der Waals surface area contributed by atoms with Gasteiger partial charge in [0.1, 0.15) is 0 Å². The molecule has 0 aliphatic heterocycles. The molecule has 3 nitrogen and oxygen atoms in total. The van der Waals surface area contributed by atoms with E-state index in [1.54, 1.807) is 25.6 Å². The van der Waals surface area contributed by atoms with Crippen LogP contribution in [0.5, 0.6) is 11.5 Å². The van der Waals surface area contributed by atoms with Crippen LogP contribution >= 0.6 is 27.3 Å². The van der Waals surface area contributed by atoms with E-state index in [0.29, 0.717) is 11.5 Å². The van der Waals surface area contributed by atoms with Gasteiger partial charge in [0.2, 0.25) is 0 Å². The number of nitrogens with two attached hydrogens (primary N) is 1. The van der Waals surface area contributed by atoms with Crippen molar-refractivity contribution >= 4 is 27.3 Å². The molecule has 2 aromatic rings. The fraction of sp³-hybridized carbons (Fsp3) is 0.286. The monoisotopic (exact) mass is 341 g/mol. The Balaban J connectivity index is 2.39. The minimum atomic E-state index is -0.173. The summed E-state index contributed by atoms with van der Waals surface area (Å²) in [6.45, 7) is 2.07. The highest BCUT2D eigenvalue weighted by molar-refractivity contribution is 9.10. The number of rotatable bonds is 4. The summed E-state index contributed by atoms with van der Waals surface area (Å²) in [4.78, 5) is 2.35. The Hall–Kier alpha value is -1.04. The van der Waals surface area contributed by atoms with Gasteiger partial charge in [0.25, 0.3) is 0 Å². The minimum Gasteiger partial charge on any atom is -0.493 e. The molecule has 0 amide bonds. The van der Waals surface area contributed by atoms with E-state index < -0.39 is 0 Å². The van der Waals surface area contributed by atoms with Crippen LogP contribution in [0.15, 0.2) is 28.7 Å². The fourth-order valence-electron chi connectivity index (χ4n) is 1.91. The number of halogens is 1. The Morgan fingerprint density at radius 2 is 1.84 bits per heavy atom. The van der Waals surface area contributed by atoms with E-state index in [4.69, 9.17) is 15.2 Å². The molecule has 2 rings (SSSR count). The Morgan fingerprint density at radius 3 is 2.37 bits per heavy atom. The first kappa shape index (κ1) is 14.4. The van der Waals surface area contributed by atoms with Crippen molar-refractivity contribution in [2.24, 2.45) is 5.73 Å². The molecule has 0 fully saturated rings. The van der Waals surface area contributed by atoms with Crippen molar-refractivity contribution in [1.82, 2.24) is 0 Å². The zero-order chi connectivity index (χ0) is 14.0. The average Bonchev–Trinajstić information content (AvgIpc) is 2.76. The van der Waals surface area contributed by atoms with Crippen molar-refractivity contribution in [1.29, 1.82) is 0 Å². The maximum atomic E-state index is 6.33. The summed E-state index contributed by atoms with van der Waals surface area (Å²) >= 11 is 5.25. The molecule has 0 aliphatic carbocycles. The zero-order valence-corrected chi connectivity index (χ0v) is 13.5. The van der Waals surface area contributed by atoms with Gasteiger partial charge in [-0.25, -0.2) is 0 Å². The van der Waals surface area contributed by atoms with Crippen LogP contribution < -0.4 is 15.2 Å². The molecule has 0 radical (unpaired) electrons. The molecule has 0 aliphatic rings. The molecule has 0 saturated heterocycles. The van der Waals surface area contributed by atoms with Crippen LogP contribution in [-0.4, -0.2) is 14.2 Å². The first-order chi connectivity index (χ1) is 9.06. The number of benzene rings is 1. The average molecular weight is 342 g/mol. The lowest BCUT2D eigenvalue weighted by atomic mass is 10.1. The van der Waals surface area contributed by atoms with Gasteiger partial charge in [-0.2, -0.15) is 0 Å². The van der Waals surface area contributed by atoms with E-state index in [0.717, 1.165) is 14.9 Å². The third-order valence-corrected chi connectivity index (χ3v) is 4.94. The molecular formula is C14H16BrNO2S. The molecule has 19 heavy (non-hydrogen) atoms. The number of hydrogen-bond acceptors (Lipinski definition) is 4. The highest BCUT2D eigenvalue weighted by atomic mass is 79.9. The quantitative estimate of drug-likeness (QED) is 0.917. The van der Waals surface area contributed by atoms with Crippen molar-refractivity contribution < 1.29 is 9.47 Å². The van der Waals surface area contributed by atoms with Crippen LogP contribution in [0.25, 0.3) is 0 Å².